The van der Waals surface area contributed by atoms with Crippen molar-refractivity contribution in [3.8, 4) is 0 Å². The zero-order valence-electron chi connectivity index (χ0n) is 12.3. The topological polar surface area (TPSA) is 73.3 Å². The molecule has 2 N–H and O–H groups in total. The van der Waals surface area contributed by atoms with Crippen molar-refractivity contribution in [3.05, 3.63) is 58.9 Å². The third-order valence-corrected chi connectivity index (χ3v) is 4.73. The zero-order valence-corrected chi connectivity index (χ0v) is 13.1. The molecule has 6 heteroatoms. The highest BCUT2D eigenvalue weighted by atomic mass is 32.2. The van der Waals surface area contributed by atoms with Crippen molar-refractivity contribution in [1.82, 2.24) is 0 Å². The minimum absolute atomic E-state index is 0.0179. The lowest BCUT2D eigenvalue weighted by Crippen LogP contribution is -2.43. The van der Waals surface area contributed by atoms with Gasteiger partial charge in [-0.25, -0.2) is 5.84 Å². The molecule has 0 saturated carbocycles. The first-order chi connectivity index (χ1) is 9.79. The molecule has 1 aromatic heterocycles. The van der Waals surface area contributed by atoms with Crippen molar-refractivity contribution < 1.29 is 17.3 Å². The Morgan fingerprint density at radius 2 is 1.62 bits per heavy atom. The van der Waals surface area contributed by atoms with Gasteiger partial charge in [0.2, 0.25) is 0 Å². The van der Waals surface area contributed by atoms with Gasteiger partial charge < -0.3 is 0 Å². The summed E-state index contributed by atoms with van der Waals surface area (Å²) in [5, 5.41) is 0. The van der Waals surface area contributed by atoms with E-state index in [1.165, 1.54) is 4.68 Å². The van der Waals surface area contributed by atoms with Gasteiger partial charge in [0.1, 0.15) is 0 Å². The van der Waals surface area contributed by atoms with Crippen LogP contribution in [-0.4, -0.2) is 8.42 Å². The standard InChI is InChI=1S/C15H19N2O3S/c1-11-8-12(2)15(13(3)9-11)21(18,19)20-10-14-4-6-17(16)7-5-14/h4-9H,10,16H2,1-3H3/q+1. The summed E-state index contributed by atoms with van der Waals surface area (Å²) in [7, 11) is -3.78. The second-order valence-electron chi connectivity index (χ2n) is 5.10. The molecule has 2 rings (SSSR count). The van der Waals surface area contributed by atoms with Gasteiger partial charge in [0, 0.05) is 12.1 Å². The van der Waals surface area contributed by atoms with E-state index < -0.39 is 10.1 Å². The second kappa shape index (κ2) is 5.83. The Labute approximate surface area is 125 Å². The van der Waals surface area contributed by atoms with Crippen LogP contribution < -0.4 is 10.5 Å². The molecule has 0 bridgehead atoms. The molecule has 0 saturated heterocycles. The highest BCUT2D eigenvalue weighted by Crippen LogP contribution is 2.24. The van der Waals surface area contributed by atoms with Crippen molar-refractivity contribution in [2.75, 3.05) is 5.84 Å². The van der Waals surface area contributed by atoms with E-state index in [9.17, 15) is 8.42 Å². The Kier molecular flexibility index (Phi) is 4.29. The minimum Gasteiger partial charge on any atom is -0.262 e. The lowest BCUT2D eigenvalue weighted by molar-refractivity contribution is -0.639. The largest absolute Gasteiger partial charge is 0.297 e. The maximum atomic E-state index is 12.4. The fourth-order valence-electron chi connectivity index (χ4n) is 2.33. The predicted octanol–water partition coefficient (Wildman–Crippen LogP) is 1.52. The number of nitrogens with two attached hydrogens (primary N) is 1. The van der Waals surface area contributed by atoms with Gasteiger partial charge in [0.15, 0.2) is 12.4 Å². The molecule has 5 nitrogen and oxygen atoms in total. The van der Waals surface area contributed by atoms with Crippen LogP contribution in [0.15, 0.2) is 41.6 Å². The van der Waals surface area contributed by atoms with Crippen LogP contribution in [0, 0.1) is 20.8 Å². The third-order valence-electron chi connectivity index (χ3n) is 3.16. The first-order valence-corrected chi connectivity index (χ1v) is 7.93. The number of hydrogen-bond donors (Lipinski definition) is 1. The summed E-state index contributed by atoms with van der Waals surface area (Å²) in [6.45, 7) is 5.46. The maximum Gasteiger partial charge on any atom is 0.297 e. The number of aromatic nitrogens is 1. The number of aryl methyl sites for hydroxylation is 3. The lowest BCUT2D eigenvalue weighted by Gasteiger charge is -2.12. The van der Waals surface area contributed by atoms with E-state index in [4.69, 9.17) is 10.0 Å². The van der Waals surface area contributed by atoms with Crippen LogP contribution in [0.25, 0.3) is 0 Å². The molecular formula is C15H19N2O3S+. The van der Waals surface area contributed by atoms with Crippen LogP contribution in [-0.2, 0) is 20.9 Å². The molecule has 1 heterocycles. The van der Waals surface area contributed by atoms with E-state index in [0.29, 0.717) is 11.1 Å². The first-order valence-electron chi connectivity index (χ1n) is 6.52. The number of nitrogen functional groups attached to an aromatic ring is 1. The third kappa shape index (κ3) is 3.59. The fraction of sp³-hybridized carbons (Fsp3) is 0.267. The second-order valence-corrected chi connectivity index (χ2v) is 6.65. The quantitative estimate of drug-likeness (QED) is 0.528. The van der Waals surface area contributed by atoms with Gasteiger partial charge >= 0.3 is 0 Å². The normalized spacial score (nSPS) is 11.6. The lowest BCUT2D eigenvalue weighted by atomic mass is 10.1. The van der Waals surface area contributed by atoms with E-state index in [1.807, 2.05) is 19.1 Å². The van der Waals surface area contributed by atoms with Gasteiger partial charge in [-0.15, -0.1) is 0 Å². The van der Waals surface area contributed by atoms with Crippen molar-refractivity contribution in [3.63, 3.8) is 0 Å². The number of pyridine rings is 1. The highest BCUT2D eigenvalue weighted by molar-refractivity contribution is 7.86. The molecule has 0 aliphatic carbocycles. The molecule has 0 unspecified atom stereocenters. The smallest absolute Gasteiger partial charge is 0.262 e. The Morgan fingerprint density at radius 3 is 2.14 bits per heavy atom. The van der Waals surface area contributed by atoms with Gasteiger partial charge in [0.05, 0.1) is 11.5 Å². The molecule has 0 aliphatic heterocycles. The first kappa shape index (κ1) is 15.5. The molecule has 0 radical (unpaired) electrons. The molecule has 2 aromatic rings. The van der Waals surface area contributed by atoms with E-state index in [2.05, 4.69) is 0 Å². The molecule has 0 atom stereocenters. The monoisotopic (exact) mass is 307 g/mol. The predicted molar refractivity (Wildman–Crippen MR) is 79.4 cm³/mol. The Bertz CT molecular complexity index is 730. The fourth-order valence-corrected chi connectivity index (χ4v) is 3.65. The number of rotatable bonds is 4. The minimum atomic E-state index is -3.78. The van der Waals surface area contributed by atoms with E-state index >= 15 is 0 Å². The van der Waals surface area contributed by atoms with Crippen molar-refractivity contribution in [2.24, 2.45) is 0 Å². The van der Waals surface area contributed by atoms with Gasteiger partial charge in [-0.3, -0.25) is 4.18 Å². The number of nitrogens with zero attached hydrogens (tertiary/aromatic N) is 1. The summed E-state index contributed by atoms with van der Waals surface area (Å²) >= 11 is 0. The summed E-state index contributed by atoms with van der Waals surface area (Å²) in [5.74, 6) is 5.51. The van der Waals surface area contributed by atoms with Gasteiger partial charge in [0.25, 0.3) is 10.1 Å². The van der Waals surface area contributed by atoms with E-state index in [0.717, 1.165) is 11.1 Å². The summed E-state index contributed by atoms with van der Waals surface area (Å²) in [5.41, 5.74) is 3.16. The average Bonchev–Trinajstić information content (AvgIpc) is 2.36. The molecule has 0 spiro atoms. The van der Waals surface area contributed by atoms with Crippen molar-refractivity contribution in [1.29, 1.82) is 0 Å². The molecule has 0 amide bonds. The Morgan fingerprint density at radius 1 is 1.10 bits per heavy atom. The van der Waals surface area contributed by atoms with Crippen LogP contribution >= 0.6 is 0 Å². The summed E-state index contributed by atoms with van der Waals surface area (Å²) in [6.07, 6.45) is 3.27. The Hall–Kier alpha value is -1.92. The average molecular weight is 307 g/mol. The zero-order chi connectivity index (χ0) is 15.6. The van der Waals surface area contributed by atoms with Gasteiger partial charge in [-0.2, -0.15) is 8.42 Å². The number of hydrogen-bond acceptors (Lipinski definition) is 4. The van der Waals surface area contributed by atoms with Gasteiger partial charge in [-0.1, -0.05) is 22.4 Å². The maximum absolute atomic E-state index is 12.4. The van der Waals surface area contributed by atoms with E-state index in [-0.39, 0.29) is 11.5 Å². The van der Waals surface area contributed by atoms with Gasteiger partial charge in [-0.05, 0) is 37.5 Å². The summed E-state index contributed by atoms with van der Waals surface area (Å²) in [4.78, 5) is 0.248. The molecule has 21 heavy (non-hydrogen) atoms. The molecule has 0 aliphatic rings. The molecular weight excluding hydrogens is 288 g/mol. The van der Waals surface area contributed by atoms with Crippen molar-refractivity contribution in [2.45, 2.75) is 32.3 Å². The van der Waals surface area contributed by atoms with Crippen LogP contribution in [0.2, 0.25) is 0 Å². The van der Waals surface area contributed by atoms with Crippen LogP contribution in [0.5, 0.6) is 0 Å². The van der Waals surface area contributed by atoms with Crippen molar-refractivity contribution >= 4 is 10.1 Å². The Balaban J connectivity index is 2.25. The number of benzene rings is 1. The van der Waals surface area contributed by atoms with E-state index in [1.54, 1.807) is 38.4 Å². The van der Waals surface area contributed by atoms with Crippen LogP contribution in [0.1, 0.15) is 22.3 Å². The highest BCUT2D eigenvalue weighted by Gasteiger charge is 2.21. The molecule has 1 aromatic carbocycles. The van der Waals surface area contributed by atoms with Crippen LogP contribution in [0.3, 0.4) is 0 Å². The SMILES string of the molecule is Cc1cc(C)c(S(=O)(=O)OCc2cc[n+](N)cc2)c(C)c1. The summed E-state index contributed by atoms with van der Waals surface area (Å²) < 4.78 is 31.3. The molecule has 112 valence electrons. The van der Waals surface area contributed by atoms with Crippen LogP contribution in [0.4, 0.5) is 0 Å². The molecule has 0 fully saturated rings. The summed E-state index contributed by atoms with van der Waals surface area (Å²) in [6, 6.07) is 7.10.